The molecule has 0 aromatic heterocycles. The largest absolute Gasteiger partial charge is 0.489 e. The molecule has 0 saturated carbocycles. The lowest BCUT2D eigenvalue weighted by atomic mass is 9.88. The summed E-state index contributed by atoms with van der Waals surface area (Å²) in [5, 5.41) is 10.6. The van der Waals surface area contributed by atoms with E-state index >= 15 is 0 Å². The number of hydrogen-bond acceptors (Lipinski definition) is 5. The second kappa shape index (κ2) is 16.7. The number of nitrogens with one attached hydrogen (secondary N) is 3. The molecule has 0 bridgehead atoms. The Morgan fingerprint density at radius 1 is 0.933 bits per heavy atom. The number of ether oxygens (including phenoxy) is 1. The molecule has 3 aliphatic heterocycles. The van der Waals surface area contributed by atoms with Crippen LogP contribution in [0, 0.1) is 0 Å². The quantitative estimate of drug-likeness (QED) is 0.296. The van der Waals surface area contributed by atoms with Gasteiger partial charge in [0.05, 0.1) is 6.04 Å². The molecule has 242 valence electrons. The van der Waals surface area contributed by atoms with Crippen LogP contribution in [-0.4, -0.2) is 61.1 Å². The number of rotatable bonds is 8. The molecular weight excluding hydrogens is 631 g/mol. The van der Waals surface area contributed by atoms with Gasteiger partial charge in [0.15, 0.2) is 0 Å². The minimum atomic E-state index is -0.654. The first-order valence-electron chi connectivity index (χ1n) is 15.6. The molecule has 7 nitrogen and oxygen atoms in total. The average molecular weight is 674 g/mol. The van der Waals surface area contributed by atoms with Crippen LogP contribution in [0.5, 0.6) is 5.75 Å². The highest BCUT2D eigenvalue weighted by atomic mass is 35.5. The molecular formula is C35H43Cl3N4O3. The molecule has 3 atom stereocenters. The molecule has 0 unspecified atom stereocenters. The van der Waals surface area contributed by atoms with E-state index in [1.807, 2.05) is 47.4 Å². The summed E-state index contributed by atoms with van der Waals surface area (Å²) in [4.78, 5) is 29.4. The number of benzene rings is 3. The predicted molar refractivity (Wildman–Crippen MR) is 184 cm³/mol. The number of nitrogens with zero attached hydrogens (tertiary/aromatic N) is 1. The maximum Gasteiger partial charge on any atom is 0.245 e. The fourth-order valence-corrected chi connectivity index (χ4v) is 6.75. The predicted octanol–water partition coefficient (Wildman–Crippen LogP) is 5.46. The first kappa shape index (κ1) is 35.1. The number of carbonyl (C=O) groups is 2. The Balaban J connectivity index is 0.00000230. The minimum Gasteiger partial charge on any atom is -0.489 e. The van der Waals surface area contributed by atoms with Crippen molar-refractivity contribution < 1.29 is 14.3 Å². The second-order valence-corrected chi connectivity index (χ2v) is 12.5. The average Bonchev–Trinajstić information content (AvgIpc) is 3.05. The van der Waals surface area contributed by atoms with Gasteiger partial charge >= 0.3 is 0 Å². The summed E-state index contributed by atoms with van der Waals surface area (Å²) in [7, 11) is 0. The smallest absolute Gasteiger partial charge is 0.245 e. The van der Waals surface area contributed by atoms with Crippen molar-refractivity contribution in [2.75, 3.05) is 26.2 Å². The summed E-state index contributed by atoms with van der Waals surface area (Å²) in [5.74, 6) is 1.12. The number of fused-ring (bicyclic) bond motifs is 1. The third-order valence-corrected chi connectivity index (χ3v) is 9.33. The monoisotopic (exact) mass is 672 g/mol. The van der Waals surface area contributed by atoms with E-state index in [9.17, 15) is 9.59 Å². The summed E-state index contributed by atoms with van der Waals surface area (Å²) in [6, 6.07) is 23.0. The van der Waals surface area contributed by atoms with Gasteiger partial charge in [-0.25, -0.2) is 0 Å². The van der Waals surface area contributed by atoms with Gasteiger partial charge in [0.1, 0.15) is 17.9 Å². The third-order valence-electron chi connectivity index (χ3n) is 9.08. The zero-order valence-corrected chi connectivity index (χ0v) is 27.8. The lowest BCUT2D eigenvalue weighted by Gasteiger charge is -2.36. The van der Waals surface area contributed by atoms with Gasteiger partial charge in [0.25, 0.3) is 0 Å². The van der Waals surface area contributed by atoms with Crippen LogP contribution < -0.4 is 20.7 Å². The number of para-hydroxylation sites is 1. The van der Waals surface area contributed by atoms with E-state index in [0.717, 1.165) is 50.1 Å². The van der Waals surface area contributed by atoms with Gasteiger partial charge in [-0.3, -0.25) is 9.59 Å². The second-order valence-electron chi connectivity index (χ2n) is 12.0. The van der Waals surface area contributed by atoms with Crippen molar-refractivity contribution >= 4 is 48.2 Å². The molecule has 3 aromatic carbocycles. The molecule has 3 aliphatic rings. The molecule has 0 spiro atoms. The number of piperidine rings is 2. The first-order chi connectivity index (χ1) is 21.0. The van der Waals surface area contributed by atoms with E-state index in [-0.39, 0.29) is 48.8 Å². The molecule has 10 heteroatoms. The number of amides is 2. The summed E-state index contributed by atoms with van der Waals surface area (Å²) in [6.45, 7) is 3.86. The summed E-state index contributed by atoms with van der Waals surface area (Å²) >= 11 is 6.12. The van der Waals surface area contributed by atoms with Crippen LogP contribution in [0.1, 0.15) is 53.9 Å². The van der Waals surface area contributed by atoms with Gasteiger partial charge < -0.3 is 25.6 Å². The van der Waals surface area contributed by atoms with Crippen molar-refractivity contribution in [3.63, 3.8) is 0 Å². The fourth-order valence-electron chi connectivity index (χ4n) is 6.62. The van der Waals surface area contributed by atoms with Crippen molar-refractivity contribution in [2.24, 2.45) is 0 Å². The number of halogens is 3. The highest BCUT2D eigenvalue weighted by Gasteiger charge is 2.33. The minimum absolute atomic E-state index is 0. The summed E-state index contributed by atoms with van der Waals surface area (Å²) in [5.41, 5.74) is 4.58. The van der Waals surface area contributed by atoms with Gasteiger partial charge in [0.2, 0.25) is 11.8 Å². The lowest BCUT2D eigenvalue weighted by molar-refractivity contribution is -0.137. The van der Waals surface area contributed by atoms with E-state index in [1.54, 1.807) is 0 Å². The third kappa shape index (κ3) is 8.93. The zero-order chi connectivity index (χ0) is 29.6. The molecule has 3 heterocycles. The Hall–Kier alpha value is -2.81. The molecule has 0 aliphatic carbocycles. The van der Waals surface area contributed by atoms with Crippen LogP contribution in [0.4, 0.5) is 0 Å². The number of likely N-dealkylation sites (tertiary alicyclic amines) is 1. The Bertz CT molecular complexity index is 1410. The maximum absolute atomic E-state index is 14.0. The van der Waals surface area contributed by atoms with Crippen LogP contribution in [-0.2, 0) is 29.0 Å². The fraction of sp³-hybridized carbons (Fsp3) is 0.429. The molecule has 3 N–H and O–H groups in total. The summed E-state index contributed by atoms with van der Waals surface area (Å²) < 4.78 is 6.44. The van der Waals surface area contributed by atoms with Crippen LogP contribution in [0.15, 0.2) is 72.8 Å². The zero-order valence-electron chi connectivity index (χ0n) is 25.4. The van der Waals surface area contributed by atoms with Crippen molar-refractivity contribution in [1.29, 1.82) is 0 Å². The maximum atomic E-state index is 14.0. The van der Waals surface area contributed by atoms with Gasteiger partial charge in [-0.2, -0.15) is 0 Å². The Labute approximate surface area is 283 Å². The molecule has 2 fully saturated rings. The van der Waals surface area contributed by atoms with E-state index in [1.165, 1.54) is 16.7 Å². The van der Waals surface area contributed by atoms with Crippen LogP contribution in [0.25, 0.3) is 0 Å². The normalized spacial score (nSPS) is 20.5. The highest BCUT2D eigenvalue weighted by Crippen LogP contribution is 2.35. The molecule has 2 amide bonds. The van der Waals surface area contributed by atoms with E-state index in [2.05, 4.69) is 46.3 Å². The molecule has 2 saturated heterocycles. The first-order valence-corrected chi connectivity index (χ1v) is 16.0. The Morgan fingerprint density at radius 3 is 2.38 bits per heavy atom. The lowest BCUT2D eigenvalue weighted by Crippen LogP contribution is -2.56. The van der Waals surface area contributed by atoms with Crippen molar-refractivity contribution in [2.45, 2.75) is 69.2 Å². The standard InChI is InChI=1S/C35H41ClN4O3.2ClH/c36-28-13-11-24(12-14-28)20-32(39-34(41)31-21-26-6-1-2-7-27(26)22-38-31)35(42)40-18-15-25(16-19-40)30-9-3-4-10-33(30)43-29-8-5-17-37-23-29;;/h1-4,6-7,9-14,25,29,31-32,37-38H,5,8,15-23H2,(H,39,41);2*1H/t29-,31+,32+;;/m0../s1. The van der Waals surface area contributed by atoms with Gasteiger partial charge in [-0.1, -0.05) is 66.2 Å². The molecule has 0 radical (unpaired) electrons. The van der Waals surface area contributed by atoms with Crippen LogP contribution >= 0.6 is 36.4 Å². The van der Waals surface area contributed by atoms with E-state index in [0.29, 0.717) is 43.4 Å². The molecule has 6 rings (SSSR count). The number of hydrogen-bond donors (Lipinski definition) is 3. The van der Waals surface area contributed by atoms with E-state index in [4.69, 9.17) is 16.3 Å². The van der Waals surface area contributed by atoms with Crippen molar-refractivity contribution in [3.8, 4) is 5.75 Å². The van der Waals surface area contributed by atoms with Crippen molar-refractivity contribution in [3.05, 3.63) is 100 Å². The van der Waals surface area contributed by atoms with Gasteiger partial charge in [0, 0.05) is 37.6 Å². The van der Waals surface area contributed by atoms with Crippen LogP contribution in [0.2, 0.25) is 5.02 Å². The number of carbonyl (C=O) groups excluding carboxylic acids is 2. The Kier molecular flexibility index (Phi) is 13.0. The molecule has 45 heavy (non-hydrogen) atoms. The highest BCUT2D eigenvalue weighted by molar-refractivity contribution is 6.30. The Morgan fingerprint density at radius 2 is 1.64 bits per heavy atom. The SMILES string of the molecule is Cl.Cl.O=C(N[C@H](Cc1ccc(Cl)cc1)C(=O)N1CCC(c2ccccc2O[C@H]2CCCNC2)CC1)[C@H]1Cc2ccccc2CN1. The topological polar surface area (TPSA) is 82.7 Å². The van der Waals surface area contributed by atoms with Gasteiger partial charge in [-0.05, 0) is 85.0 Å². The van der Waals surface area contributed by atoms with E-state index < -0.39 is 6.04 Å². The van der Waals surface area contributed by atoms with Crippen molar-refractivity contribution in [1.82, 2.24) is 20.9 Å². The summed E-state index contributed by atoms with van der Waals surface area (Å²) in [6.07, 6.45) is 5.13. The van der Waals surface area contributed by atoms with Crippen LogP contribution in [0.3, 0.4) is 0 Å². The molecule has 3 aromatic rings. The van der Waals surface area contributed by atoms with Gasteiger partial charge in [-0.15, -0.1) is 24.8 Å².